The Labute approximate surface area is 176 Å². The smallest absolute Gasteiger partial charge is 0.0701 e. The van der Waals surface area contributed by atoms with Gasteiger partial charge in [-0.1, -0.05) is 90.9 Å². The van der Waals surface area contributed by atoms with Crippen molar-refractivity contribution in [3.05, 3.63) is 0 Å². The normalized spacial score (nSPS) is 11.4. The van der Waals surface area contributed by atoms with Crippen LogP contribution < -0.4 is 0 Å². The van der Waals surface area contributed by atoms with Gasteiger partial charge in [-0.3, -0.25) is 0 Å². The highest BCUT2D eigenvalue weighted by Gasteiger charge is 1.95. The van der Waals surface area contributed by atoms with Crippen LogP contribution in [0.2, 0.25) is 0 Å². The zero-order chi connectivity index (χ0) is 20.4. The molecule has 0 amide bonds. The second-order valence-corrected chi connectivity index (χ2v) is 7.69. The summed E-state index contributed by atoms with van der Waals surface area (Å²) in [6.45, 7) is 10.2. The molecule has 0 aliphatic heterocycles. The zero-order valence-electron chi connectivity index (χ0n) is 19.2. The summed E-state index contributed by atoms with van der Waals surface area (Å²) >= 11 is 0. The van der Waals surface area contributed by atoms with Crippen molar-refractivity contribution >= 4 is 0 Å². The van der Waals surface area contributed by atoms with Crippen LogP contribution in [0.15, 0.2) is 0 Å². The van der Waals surface area contributed by atoms with Gasteiger partial charge in [0.15, 0.2) is 0 Å². The second kappa shape index (κ2) is 26.8. The molecule has 0 aliphatic carbocycles. The first-order chi connectivity index (χ1) is 13.9. The fraction of sp³-hybridized carbons (Fsp3) is 1.00. The molecule has 0 aromatic heterocycles. The quantitative estimate of drug-likeness (QED) is 0.162. The summed E-state index contributed by atoms with van der Waals surface area (Å²) in [7, 11) is 0. The average Bonchev–Trinajstić information content (AvgIpc) is 2.71. The Kier molecular flexibility index (Phi) is 26.7. The Balaban J connectivity index is 2.96. The highest BCUT2D eigenvalue weighted by molar-refractivity contribution is 4.47. The van der Waals surface area contributed by atoms with Gasteiger partial charge in [0, 0.05) is 13.2 Å². The Morgan fingerprint density at radius 2 is 0.536 bits per heavy atom. The molecule has 0 saturated carbocycles. The van der Waals surface area contributed by atoms with E-state index in [2.05, 4.69) is 13.8 Å². The van der Waals surface area contributed by atoms with E-state index in [0.29, 0.717) is 39.6 Å². The minimum atomic E-state index is 0.637. The first kappa shape index (κ1) is 27.8. The van der Waals surface area contributed by atoms with E-state index in [4.69, 9.17) is 18.9 Å². The lowest BCUT2D eigenvalue weighted by molar-refractivity contribution is -0.00248. The summed E-state index contributed by atoms with van der Waals surface area (Å²) < 4.78 is 22.2. The number of rotatable bonds is 25. The predicted molar refractivity (Wildman–Crippen MR) is 119 cm³/mol. The third-order valence-electron chi connectivity index (χ3n) is 4.90. The molecule has 0 fully saturated rings. The van der Waals surface area contributed by atoms with E-state index in [1.165, 1.54) is 83.5 Å². The topological polar surface area (TPSA) is 36.9 Å². The summed E-state index contributed by atoms with van der Waals surface area (Å²) in [6, 6.07) is 0. The van der Waals surface area contributed by atoms with E-state index >= 15 is 0 Å². The van der Waals surface area contributed by atoms with E-state index < -0.39 is 0 Å². The molecule has 0 aromatic rings. The molecule has 170 valence electrons. The fourth-order valence-electron chi connectivity index (χ4n) is 3.08. The molecule has 0 rings (SSSR count). The maximum Gasteiger partial charge on any atom is 0.0701 e. The van der Waals surface area contributed by atoms with Gasteiger partial charge >= 0.3 is 0 Å². The maximum atomic E-state index is 5.62. The van der Waals surface area contributed by atoms with Crippen molar-refractivity contribution in [1.82, 2.24) is 0 Å². The Hall–Kier alpha value is -0.160. The Bertz CT molecular complexity index is 235. The van der Waals surface area contributed by atoms with Crippen molar-refractivity contribution in [2.45, 2.75) is 104 Å². The number of hydrogen-bond donors (Lipinski definition) is 0. The van der Waals surface area contributed by atoms with Crippen LogP contribution in [0.1, 0.15) is 104 Å². The summed E-state index contributed by atoms with van der Waals surface area (Å²) in [5, 5.41) is 0. The highest BCUT2D eigenvalue weighted by atomic mass is 16.6. The molecule has 0 saturated heterocycles. The largest absolute Gasteiger partial charge is 0.379 e. The van der Waals surface area contributed by atoms with Crippen LogP contribution in [0.4, 0.5) is 0 Å². The van der Waals surface area contributed by atoms with E-state index in [1.807, 2.05) is 0 Å². The maximum absolute atomic E-state index is 5.62. The second-order valence-electron chi connectivity index (χ2n) is 7.69. The highest BCUT2D eigenvalue weighted by Crippen LogP contribution is 2.10. The van der Waals surface area contributed by atoms with Crippen molar-refractivity contribution in [2.75, 3.05) is 52.9 Å². The molecule has 0 radical (unpaired) electrons. The summed E-state index contributed by atoms with van der Waals surface area (Å²) in [6.07, 6.45) is 18.6. The van der Waals surface area contributed by atoms with Gasteiger partial charge in [-0.15, -0.1) is 0 Å². The van der Waals surface area contributed by atoms with Gasteiger partial charge in [0.1, 0.15) is 0 Å². The number of ether oxygens (including phenoxy) is 4. The third-order valence-corrected chi connectivity index (χ3v) is 4.90. The van der Waals surface area contributed by atoms with Crippen LogP contribution in [0.5, 0.6) is 0 Å². The minimum Gasteiger partial charge on any atom is -0.379 e. The molecule has 0 atom stereocenters. The molecular weight excluding hydrogens is 352 g/mol. The van der Waals surface area contributed by atoms with Crippen molar-refractivity contribution in [2.24, 2.45) is 0 Å². The van der Waals surface area contributed by atoms with Gasteiger partial charge in [0.05, 0.1) is 39.6 Å². The average molecular weight is 403 g/mol. The van der Waals surface area contributed by atoms with Crippen LogP contribution in [-0.4, -0.2) is 52.9 Å². The van der Waals surface area contributed by atoms with Crippen LogP contribution in [0.25, 0.3) is 0 Å². The van der Waals surface area contributed by atoms with E-state index in [9.17, 15) is 0 Å². The van der Waals surface area contributed by atoms with Gasteiger partial charge in [-0.2, -0.15) is 0 Å². The van der Waals surface area contributed by atoms with E-state index in [0.717, 1.165) is 19.6 Å². The SMILES string of the molecule is CCCCCCCCCCCCOCCOCCOCCOCCCCCC. The van der Waals surface area contributed by atoms with E-state index in [1.54, 1.807) is 0 Å². The molecule has 0 heterocycles. The number of unbranched alkanes of at least 4 members (excludes halogenated alkanes) is 12. The summed E-state index contributed by atoms with van der Waals surface area (Å²) in [5.41, 5.74) is 0. The summed E-state index contributed by atoms with van der Waals surface area (Å²) in [4.78, 5) is 0. The molecule has 0 aliphatic rings. The van der Waals surface area contributed by atoms with Gasteiger partial charge in [-0.25, -0.2) is 0 Å². The molecule has 28 heavy (non-hydrogen) atoms. The standard InChI is InChI=1S/C24H50O4/c1-3-5-7-9-10-11-12-13-14-16-18-26-20-22-28-24-23-27-21-19-25-17-15-8-6-4-2/h3-24H2,1-2H3. The monoisotopic (exact) mass is 402 g/mol. The first-order valence-corrected chi connectivity index (χ1v) is 12.2. The summed E-state index contributed by atoms with van der Waals surface area (Å²) in [5.74, 6) is 0. The molecule has 0 N–H and O–H groups in total. The van der Waals surface area contributed by atoms with Crippen molar-refractivity contribution < 1.29 is 18.9 Å². The lowest BCUT2D eigenvalue weighted by atomic mass is 10.1. The molecule has 4 heteroatoms. The lowest BCUT2D eigenvalue weighted by Crippen LogP contribution is -2.12. The number of hydrogen-bond acceptors (Lipinski definition) is 4. The van der Waals surface area contributed by atoms with Gasteiger partial charge in [0.2, 0.25) is 0 Å². The van der Waals surface area contributed by atoms with Crippen LogP contribution in [-0.2, 0) is 18.9 Å². The van der Waals surface area contributed by atoms with Gasteiger partial charge < -0.3 is 18.9 Å². The zero-order valence-corrected chi connectivity index (χ0v) is 19.2. The Morgan fingerprint density at radius 1 is 0.286 bits per heavy atom. The van der Waals surface area contributed by atoms with Crippen LogP contribution in [0.3, 0.4) is 0 Å². The lowest BCUT2D eigenvalue weighted by Gasteiger charge is -2.07. The van der Waals surface area contributed by atoms with Gasteiger partial charge in [0.25, 0.3) is 0 Å². The van der Waals surface area contributed by atoms with E-state index in [-0.39, 0.29) is 0 Å². The molecule has 0 spiro atoms. The molecule has 0 bridgehead atoms. The molecular formula is C24H50O4. The van der Waals surface area contributed by atoms with Crippen molar-refractivity contribution in [3.63, 3.8) is 0 Å². The molecule has 4 nitrogen and oxygen atoms in total. The predicted octanol–water partition coefficient (Wildman–Crippen LogP) is 6.55. The van der Waals surface area contributed by atoms with Crippen molar-refractivity contribution in [3.8, 4) is 0 Å². The molecule has 0 aromatic carbocycles. The third kappa shape index (κ3) is 25.8. The minimum absolute atomic E-state index is 0.637. The first-order valence-electron chi connectivity index (χ1n) is 12.2. The molecule has 0 unspecified atom stereocenters. The van der Waals surface area contributed by atoms with Crippen LogP contribution in [0, 0.1) is 0 Å². The van der Waals surface area contributed by atoms with Crippen molar-refractivity contribution in [1.29, 1.82) is 0 Å². The fourth-order valence-corrected chi connectivity index (χ4v) is 3.08. The van der Waals surface area contributed by atoms with Crippen LogP contribution >= 0.6 is 0 Å². The van der Waals surface area contributed by atoms with Gasteiger partial charge in [-0.05, 0) is 12.8 Å². The Morgan fingerprint density at radius 3 is 0.893 bits per heavy atom.